The van der Waals surface area contributed by atoms with Gasteiger partial charge in [0.2, 0.25) is 0 Å². The van der Waals surface area contributed by atoms with Crippen LogP contribution >= 0.6 is 0 Å². The third-order valence-electron chi connectivity index (χ3n) is 8.60. The van der Waals surface area contributed by atoms with Gasteiger partial charge in [0.15, 0.2) is 6.10 Å². The number of carbonyl (C=O) groups is 3. The van der Waals surface area contributed by atoms with Crippen LogP contribution in [0.2, 0.25) is 0 Å². The summed E-state index contributed by atoms with van der Waals surface area (Å²) in [6.07, 6.45) is 55.5. The first-order chi connectivity index (χ1) is 27.0. The van der Waals surface area contributed by atoms with Crippen LogP contribution in [0.4, 0.5) is 0 Å². The van der Waals surface area contributed by atoms with E-state index < -0.39 is 12.1 Å². The normalized spacial score (nSPS) is 13.0. The van der Waals surface area contributed by atoms with Crippen LogP contribution in [-0.4, -0.2) is 37.2 Å². The fraction of sp³-hybridized carbons (Fsp3) is 0.612. The molecular formula is C49H78O6. The summed E-state index contributed by atoms with van der Waals surface area (Å²) in [5, 5.41) is 0. The average molecular weight is 763 g/mol. The van der Waals surface area contributed by atoms with Crippen LogP contribution in [-0.2, 0) is 28.6 Å². The van der Waals surface area contributed by atoms with Gasteiger partial charge in [0.25, 0.3) is 0 Å². The van der Waals surface area contributed by atoms with Gasteiger partial charge in [-0.15, -0.1) is 0 Å². The first-order valence-electron chi connectivity index (χ1n) is 21.7. The molecule has 0 radical (unpaired) electrons. The second-order valence-corrected chi connectivity index (χ2v) is 13.8. The van der Waals surface area contributed by atoms with E-state index in [-0.39, 0.29) is 31.6 Å². The monoisotopic (exact) mass is 763 g/mol. The number of allylic oxidation sites excluding steroid dienone is 16. The maximum absolute atomic E-state index is 12.6. The van der Waals surface area contributed by atoms with Crippen molar-refractivity contribution in [3.8, 4) is 0 Å². The second-order valence-electron chi connectivity index (χ2n) is 13.8. The van der Waals surface area contributed by atoms with E-state index in [2.05, 4.69) is 106 Å². The van der Waals surface area contributed by atoms with Crippen molar-refractivity contribution in [3.63, 3.8) is 0 Å². The Hall–Kier alpha value is -3.67. The van der Waals surface area contributed by atoms with E-state index in [0.717, 1.165) is 83.5 Å². The lowest BCUT2D eigenvalue weighted by atomic mass is 10.1. The maximum Gasteiger partial charge on any atom is 0.306 e. The second kappa shape index (κ2) is 43.1. The fourth-order valence-corrected chi connectivity index (χ4v) is 5.38. The van der Waals surface area contributed by atoms with E-state index in [9.17, 15) is 14.4 Å². The highest BCUT2D eigenvalue weighted by molar-refractivity contribution is 5.71. The molecule has 0 saturated carbocycles. The number of hydrogen-bond acceptors (Lipinski definition) is 6. The zero-order chi connectivity index (χ0) is 40.1. The molecule has 0 fully saturated rings. The van der Waals surface area contributed by atoms with E-state index in [1.165, 1.54) is 38.5 Å². The smallest absolute Gasteiger partial charge is 0.306 e. The maximum atomic E-state index is 12.6. The van der Waals surface area contributed by atoms with Gasteiger partial charge in [-0.2, -0.15) is 0 Å². The van der Waals surface area contributed by atoms with Gasteiger partial charge >= 0.3 is 17.9 Å². The van der Waals surface area contributed by atoms with Crippen LogP contribution in [0.3, 0.4) is 0 Å². The number of ether oxygens (including phenoxy) is 3. The van der Waals surface area contributed by atoms with Gasteiger partial charge in [-0.1, -0.05) is 169 Å². The molecule has 0 aromatic rings. The lowest BCUT2D eigenvalue weighted by Gasteiger charge is -2.18. The third kappa shape index (κ3) is 41.3. The average Bonchev–Trinajstić information content (AvgIpc) is 3.18. The summed E-state index contributed by atoms with van der Waals surface area (Å²) in [7, 11) is 0. The Morgan fingerprint density at radius 3 is 1.18 bits per heavy atom. The Kier molecular flexibility index (Phi) is 40.2. The van der Waals surface area contributed by atoms with Gasteiger partial charge in [0.1, 0.15) is 13.2 Å². The minimum atomic E-state index is -0.828. The molecule has 0 amide bonds. The molecule has 0 bridgehead atoms. The molecule has 6 nitrogen and oxygen atoms in total. The van der Waals surface area contributed by atoms with Crippen molar-refractivity contribution in [2.75, 3.05) is 13.2 Å². The Morgan fingerprint density at radius 1 is 0.382 bits per heavy atom. The van der Waals surface area contributed by atoms with Gasteiger partial charge in [-0.05, 0) is 83.5 Å². The standard InChI is InChI=1S/C49H78O6/c1-4-7-10-13-16-19-21-23-24-26-27-30-33-36-39-42-48(51)54-45-46(44-53-47(50)41-38-35-32-29-18-15-12-9-6-3)55-49(52)43-40-37-34-31-28-25-22-20-17-14-11-8-5-2/h7-8,10-11,16-17,19-20,23-25,27-28,30,34,37,46H,4-6,9,12-15,18,21-22,26,29,31-33,35-36,38-45H2,1-3H3/b10-7-,11-8-,19-16-,20-17-,24-23-,28-25-,30-27-,37-34-. The SMILES string of the molecule is CC/C=C\C/C=C\C/C=C\C/C=C\CCCCC(=O)OCC(COC(=O)CCCCCCCCCCC)OC(=O)CC/C=C\C/C=C\C/C=C\C/C=C\CC. The number of carbonyl (C=O) groups excluding carboxylic acids is 3. The van der Waals surface area contributed by atoms with Gasteiger partial charge in [-0.25, -0.2) is 0 Å². The molecular weight excluding hydrogens is 685 g/mol. The van der Waals surface area contributed by atoms with Crippen molar-refractivity contribution in [1.82, 2.24) is 0 Å². The fourth-order valence-electron chi connectivity index (χ4n) is 5.38. The molecule has 0 aliphatic carbocycles. The largest absolute Gasteiger partial charge is 0.462 e. The van der Waals surface area contributed by atoms with Crippen molar-refractivity contribution in [1.29, 1.82) is 0 Å². The first-order valence-corrected chi connectivity index (χ1v) is 21.7. The molecule has 1 unspecified atom stereocenters. The summed E-state index contributed by atoms with van der Waals surface area (Å²) >= 11 is 0. The van der Waals surface area contributed by atoms with Crippen LogP contribution in [0.5, 0.6) is 0 Å². The van der Waals surface area contributed by atoms with Crippen molar-refractivity contribution < 1.29 is 28.6 Å². The van der Waals surface area contributed by atoms with Crippen molar-refractivity contribution in [2.45, 2.75) is 181 Å². The van der Waals surface area contributed by atoms with Gasteiger partial charge < -0.3 is 14.2 Å². The molecule has 0 aromatic heterocycles. The number of esters is 3. The van der Waals surface area contributed by atoms with Crippen LogP contribution in [0.25, 0.3) is 0 Å². The Morgan fingerprint density at radius 2 is 0.745 bits per heavy atom. The summed E-state index contributed by atoms with van der Waals surface area (Å²) < 4.78 is 16.5. The quantitative estimate of drug-likeness (QED) is 0.0271. The highest BCUT2D eigenvalue weighted by Crippen LogP contribution is 2.12. The molecule has 0 N–H and O–H groups in total. The predicted molar refractivity (Wildman–Crippen MR) is 233 cm³/mol. The van der Waals surface area contributed by atoms with E-state index >= 15 is 0 Å². The van der Waals surface area contributed by atoms with Crippen LogP contribution in [0, 0.1) is 0 Å². The van der Waals surface area contributed by atoms with E-state index in [0.29, 0.717) is 25.7 Å². The van der Waals surface area contributed by atoms with E-state index in [4.69, 9.17) is 14.2 Å². The van der Waals surface area contributed by atoms with Gasteiger partial charge in [0.05, 0.1) is 0 Å². The lowest BCUT2D eigenvalue weighted by Crippen LogP contribution is -2.30. The highest BCUT2D eigenvalue weighted by atomic mass is 16.6. The molecule has 0 heterocycles. The zero-order valence-corrected chi connectivity index (χ0v) is 35.1. The van der Waals surface area contributed by atoms with Crippen LogP contribution in [0.1, 0.15) is 175 Å². The van der Waals surface area contributed by atoms with Crippen molar-refractivity contribution in [2.24, 2.45) is 0 Å². The minimum Gasteiger partial charge on any atom is -0.462 e. The Labute approximate surface area is 337 Å². The molecule has 0 rings (SSSR count). The number of rotatable bonds is 37. The zero-order valence-electron chi connectivity index (χ0n) is 35.1. The molecule has 310 valence electrons. The lowest BCUT2D eigenvalue weighted by molar-refractivity contribution is -0.166. The molecule has 55 heavy (non-hydrogen) atoms. The van der Waals surface area contributed by atoms with Crippen LogP contribution in [0.15, 0.2) is 97.2 Å². The number of unbranched alkanes of at least 4 members (excludes halogenated alkanes) is 10. The molecule has 0 aromatic carbocycles. The summed E-state index contributed by atoms with van der Waals surface area (Å²) in [5.74, 6) is -1.06. The van der Waals surface area contributed by atoms with E-state index in [1.54, 1.807) is 0 Å². The van der Waals surface area contributed by atoms with Crippen molar-refractivity contribution >= 4 is 17.9 Å². The summed E-state index contributed by atoms with van der Waals surface area (Å²) in [5.41, 5.74) is 0. The molecule has 0 aliphatic rings. The molecule has 0 saturated heterocycles. The minimum absolute atomic E-state index is 0.120. The molecule has 0 aliphatic heterocycles. The topological polar surface area (TPSA) is 78.9 Å². The Balaban J connectivity index is 4.56. The van der Waals surface area contributed by atoms with E-state index in [1.807, 2.05) is 12.2 Å². The van der Waals surface area contributed by atoms with Crippen LogP contribution < -0.4 is 0 Å². The Bertz CT molecular complexity index is 1150. The summed E-state index contributed by atoms with van der Waals surface area (Å²) in [4.78, 5) is 37.6. The molecule has 1 atom stereocenters. The predicted octanol–water partition coefficient (Wildman–Crippen LogP) is 13.9. The molecule has 0 spiro atoms. The third-order valence-corrected chi connectivity index (χ3v) is 8.60. The summed E-state index contributed by atoms with van der Waals surface area (Å²) in [6, 6.07) is 0. The van der Waals surface area contributed by atoms with Crippen molar-refractivity contribution in [3.05, 3.63) is 97.2 Å². The van der Waals surface area contributed by atoms with Gasteiger partial charge in [-0.3, -0.25) is 14.4 Å². The van der Waals surface area contributed by atoms with Gasteiger partial charge in [0, 0.05) is 19.3 Å². The summed E-state index contributed by atoms with van der Waals surface area (Å²) in [6.45, 7) is 6.25. The number of hydrogen-bond donors (Lipinski definition) is 0. The highest BCUT2D eigenvalue weighted by Gasteiger charge is 2.19. The first kappa shape index (κ1) is 51.3. The molecule has 6 heteroatoms.